The van der Waals surface area contributed by atoms with Crippen molar-refractivity contribution < 1.29 is 4.79 Å². The summed E-state index contributed by atoms with van der Waals surface area (Å²) < 4.78 is 2.24. The van der Waals surface area contributed by atoms with Crippen LogP contribution in [0.25, 0.3) is 0 Å². The Hall–Kier alpha value is -0.760. The number of hydrogen-bond donors (Lipinski definition) is 0. The number of rotatable bonds is 4. The van der Waals surface area contributed by atoms with Gasteiger partial charge in [0.1, 0.15) is 0 Å². The Labute approximate surface area is 122 Å². The van der Waals surface area contributed by atoms with Crippen LogP contribution >= 0.6 is 11.6 Å². The van der Waals surface area contributed by atoms with Gasteiger partial charge >= 0.3 is 0 Å². The van der Waals surface area contributed by atoms with Crippen LogP contribution in [0.3, 0.4) is 0 Å². The van der Waals surface area contributed by atoms with Gasteiger partial charge in [0.2, 0.25) is 0 Å². The highest BCUT2D eigenvalue weighted by molar-refractivity contribution is 6.33. The minimum absolute atomic E-state index is 0.0180. The van der Waals surface area contributed by atoms with Crippen LogP contribution in [0.5, 0.6) is 0 Å². The molecule has 0 aliphatic rings. The molecule has 2 nitrogen and oxygen atoms in total. The van der Waals surface area contributed by atoms with Gasteiger partial charge in [0.05, 0.1) is 5.38 Å². The molecule has 0 saturated heterocycles. The summed E-state index contributed by atoms with van der Waals surface area (Å²) in [5.74, 6) is 0.554. The van der Waals surface area contributed by atoms with Crippen molar-refractivity contribution in [3.8, 4) is 0 Å². The molecule has 0 amide bonds. The summed E-state index contributed by atoms with van der Waals surface area (Å²) in [4.78, 5) is 12.1. The number of aromatic nitrogens is 1. The zero-order valence-electron chi connectivity index (χ0n) is 13.2. The number of nitrogens with zero attached hydrogens (tertiary/aromatic N) is 1. The first-order chi connectivity index (χ1) is 8.55. The van der Waals surface area contributed by atoms with Crippen molar-refractivity contribution in [1.82, 2.24) is 4.57 Å². The zero-order valence-corrected chi connectivity index (χ0v) is 13.9. The van der Waals surface area contributed by atoms with Gasteiger partial charge in [0.25, 0.3) is 0 Å². The third-order valence-electron chi connectivity index (χ3n) is 4.14. The molecule has 0 fully saturated rings. The highest BCUT2D eigenvalue weighted by atomic mass is 35.5. The molecule has 1 rings (SSSR count). The maximum absolute atomic E-state index is 12.1. The molecule has 0 aliphatic carbocycles. The van der Waals surface area contributed by atoms with Gasteiger partial charge in [-0.2, -0.15) is 0 Å². The number of ketones is 1. The molecule has 108 valence electrons. The topological polar surface area (TPSA) is 22.0 Å². The van der Waals surface area contributed by atoms with Gasteiger partial charge in [-0.1, -0.05) is 27.7 Å². The fraction of sp³-hybridized carbons (Fsp3) is 0.688. The van der Waals surface area contributed by atoms with E-state index in [1.807, 2.05) is 13.0 Å². The average Bonchev–Trinajstić information content (AvgIpc) is 2.54. The third kappa shape index (κ3) is 3.62. The van der Waals surface area contributed by atoms with Crippen LogP contribution in [-0.4, -0.2) is 15.7 Å². The van der Waals surface area contributed by atoms with Crippen LogP contribution in [0.2, 0.25) is 0 Å². The molecule has 0 spiro atoms. The van der Waals surface area contributed by atoms with Crippen LogP contribution in [0.15, 0.2) is 6.07 Å². The second-order valence-electron chi connectivity index (χ2n) is 6.64. The van der Waals surface area contributed by atoms with Crippen molar-refractivity contribution in [2.45, 2.75) is 60.4 Å². The van der Waals surface area contributed by atoms with Gasteiger partial charge in [-0.25, -0.2) is 0 Å². The number of aryl methyl sites for hydroxylation is 1. The smallest absolute Gasteiger partial charge is 0.182 e. The quantitative estimate of drug-likeness (QED) is 0.585. The molecule has 2 atom stereocenters. The van der Waals surface area contributed by atoms with E-state index in [1.54, 1.807) is 6.92 Å². The predicted octanol–water partition coefficient (Wildman–Crippen LogP) is 4.60. The molecule has 0 N–H and O–H groups in total. The molecule has 2 unspecified atom stereocenters. The molecule has 0 aromatic carbocycles. The maximum Gasteiger partial charge on any atom is 0.182 e. The van der Waals surface area contributed by atoms with Gasteiger partial charge in [0.15, 0.2) is 5.78 Å². The van der Waals surface area contributed by atoms with Crippen molar-refractivity contribution in [1.29, 1.82) is 0 Å². The Morgan fingerprint density at radius 2 is 1.84 bits per heavy atom. The standard InChI is InChI=1S/C16H26ClNO/c1-10(16(5,6)7)9-18-11(2)8-14(13(18)4)15(19)12(3)17/h8,10,12H,9H2,1-7H3. The van der Waals surface area contributed by atoms with E-state index in [-0.39, 0.29) is 11.2 Å². The van der Waals surface area contributed by atoms with Gasteiger partial charge in [-0.05, 0) is 38.2 Å². The third-order valence-corrected chi connectivity index (χ3v) is 4.33. The van der Waals surface area contributed by atoms with Crippen LogP contribution in [0, 0.1) is 25.2 Å². The van der Waals surface area contributed by atoms with Crippen LogP contribution < -0.4 is 0 Å². The molecule has 1 aromatic heterocycles. The molecule has 0 radical (unpaired) electrons. The fourth-order valence-corrected chi connectivity index (χ4v) is 2.21. The van der Waals surface area contributed by atoms with E-state index < -0.39 is 5.38 Å². The van der Waals surface area contributed by atoms with Crippen LogP contribution in [-0.2, 0) is 6.54 Å². The summed E-state index contributed by atoms with van der Waals surface area (Å²) in [6, 6.07) is 1.96. The number of Topliss-reactive ketones (excluding diaryl/α,β-unsaturated/α-hetero) is 1. The lowest BCUT2D eigenvalue weighted by Crippen LogP contribution is -2.23. The predicted molar refractivity (Wildman–Crippen MR) is 82.2 cm³/mol. The van der Waals surface area contributed by atoms with E-state index >= 15 is 0 Å². The van der Waals surface area contributed by atoms with Crippen molar-refractivity contribution in [3.05, 3.63) is 23.0 Å². The lowest BCUT2D eigenvalue weighted by atomic mass is 9.82. The van der Waals surface area contributed by atoms with E-state index in [4.69, 9.17) is 11.6 Å². The molecule has 1 heterocycles. The van der Waals surface area contributed by atoms with E-state index in [1.165, 1.54) is 0 Å². The molecule has 19 heavy (non-hydrogen) atoms. The highest BCUT2D eigenvalue weighted by Gasteiger charge is 2.24. The van der Waals surface area contributed by atoms with Gasteiger partial charge in [-0.15, -0.1) is 11.6 Å². The molecule has 3 heteroatoms. The Kier molecular flexibility index (Phi) is 4.89. The normalized spacial score (nSPS) is 15.4. The largest absolute Gasteiger partial charge is 0.348 e. The molecular weight excluding hydrogens is 258 g/mol. The number of carbonyl (C=O) groups excluding carboxylic acids is 1. The molecule has 0 aliphatic heterocycles. The molecule has 1 aromatic rings. The molecule has 0 saturated carbocycles. The Morgan fingerprint density at radius 1 is 1.32 bits per heavy atom. The Morgan fingerprint density at radius 3 is 2.26 bits per heavy atom. The fourth-order valence-electron chi connectivity index (χ4n) is 2.09. The lowest BCUT2D eigenvalue weighted by Gasteiger charge is -2.28. The summed E-state index contributed by atoms with van der Waals surface area (Å²) >= 11 is 5.92. The minimum atomic E-state index is -0.464. The zero-order chi connectivity index (χ0) is 15.0. The van der Waals surface area contributed by atoms with E-state index in [9.17, 15) is 4.79 Å². The second-order valence-corrected chi connectivity index (χ2v) is 7.30. The van der Waals surface area contributed by atoms with Gasteiger partial charge in [0, 0.05) is 23.5 Å². The monoisotopic (exact) mass is 283 g/mol. The van der Waals surface area contributed by atoms with Crippen molar-refractivity contribution in [2.75, 3.05) is 0 Å². The summed E-state index contributed by atoms with van der Waals surface area (Å²) in [6.07, 6.45) is 0. The SMILES string of the molecule is Cc1cc(C(=O)C(C)Cl)c(C)n1CC(C)C(C)(C)C. The first-order valence-electron chi connectivity index (χ1n) is 6.90. The van der Waals surface area contributed by atoms with Crippen molar-refractivity contribution in [2.24, 2.45) is 11.3 Å². The second kappa shape index (κ2) is 5.70. The van der Waals surface area contributed by atoms with Crippen molar-refractivity contribution in [3.63, 3.8) is 0 Å². The summed E-state index contributed by atoms with van der Waals surface area (Å²) in [5, 5.41) is -0.464. The van der Waals surface area contributed by atoms with E-state index in [0.29, 0.717) is 5.92 Å². The molecule has 0 bridgehead atoms. The maximum atomic E-state index is 12.1. The van der Waals surface area contributed by atoms with E-state index in [2.05, 4.69) is 39.2 Å². The number of carbonyl (C=O) groups is 1. The van der Waals surface area contributed by atoms with Crippen LogP contribution in [0.4, 0.5) is 0 Å². The van der Waals surface area contributed by atoms with E-state index in [0.717, 1.165) is 23.5 Å². The van der Waals surface area contributed by atoms with Crippen molar-refractivity contribution >= 4 is 17.4 Å². The summed E-state index contributed by atoms with van der Waals surface area (Å²) in [7, 11) is 0. The van der Waals surface area contributed by atoms with Gasteiger partial charge in [-0.3, -0.25) is 4.79 Å². The molecular formula is C16H26ClNO. The number of hydrogen-bond acceptors (Lipinski definition) is 1. The highest BCUT2D eigenvalue weighted by Crippen LogP contribution is 2.29. The first kappa shape index (κ1) is 16.3. The minimum Gasteiger partial charge on any atom is -0.348 e. The van der Waals surface area contributed by atoms with Crippen LogP contribution in [0.1, 0.15) is 56.4 Å². The lowest BCUT2D eigenvalue weighted by molar-refractivity contribution is 0.0991. The Balaban J connectivity index is 3.08. The first-order valence-corrected chi connectivity index (χ1v) is 7.34. The average molecular weight is 284 g/mol. The summed E-state index contributed by atoms with van der Waals surface area (Å²) in [6.45, 7) is 15.7. The number of halogens is 1. The number of alkyl halides is 1. The summed E-state index contributed by atoms with van der Waals surface area (Å²) in [5.41, 5.74) is 3.19. The van der Waals surface area contributed by atoms with Gasteiger partial charge < -0.3 is 4.57 Å². The Bertz CT molecular complexity index is 466.